The van der Waals surface area contributed by atoms with Crippen LogP contribution in [0.4, 0.5) is 0 Å². The molecule has 2 rings (SSSR count). The summed E-state index contributed by atoms with van der Waals surface area (Å²) in [5.74, 6) is 0. The topological polar surface area (TPSA) is 47.7 Å². The average molecular weight is 256 g/mol. The highest BCUT2D eigenvalue weighted by atomic mass is 16.5. The second-order valence-electron chi connectivity index (χ2n) is 5.82. The second-order valence-corrected chi connectivity index (χ2v) is 5.82. The Bertz CT molecular complexity index is 275. The number of hydrogen-bond donors (Lipinski definition) is 1. The van der Waals surface area contributed by atoms with Gasteiger partial charge in [0.25, 0.3) is 0 Å². The molecule has 2 fully saturated rings. The number of nitrogens with zero attached hydrogens (tertiary/aromatic N) is 1. The molecule has 106 valence electrons. The van der Waals surface area contributed by atoms with E-state index in [1.807, 2.05) is 7.11 Å². The molecule has 1 saturated carbocycles. The molecule has 0 aromatic rings. The van der Waals surface area contributed by atoms with E-state index in [-0.39, 0.29) is 11.6 Å². The van der Waals surface area contributed by atoms with Crippen molar-refractivity contribution >= 4 is 0 Å². The molecule has 1 aliphatic carbocycles. The number of likely N-dealkylation sites (N-methyl/N-ethyl adjacent to an activating group) is 1. The minimum atomic E-state index is -0.000370. The monoisotopic (exact) mass is 256 g/mol. The molecular formula is C14H28N2O2. The van der Waals surface area contributed by atoms with Crippen LogP contribution in [0.25, 0.3) is 0 Å². The molecule has 4 unspecified atom stereocenters. The molecule has 0 amide bonds. The van der Waals surface area contributed by atoms with Crippen LogP contribution in [0.3, 0.4) is 0 Å². The van der Waals surface area contributed by atoms with Crippen molar-refractivity contribution in [3.8, 4) is 0 Å². The molecule has 0 spiro atoms. The van der Waals surface area contributed by atoms with Crippen molar-refractivity contribution in [2.45, 2.75) is 62.8 Å². The third kappa shape index (κ3) is 2.31. The van der Waals surface area contributed by atoms with E-state index in [0.717, 1.165) is 25.9 Å². The van der Waals surface area contributed by atoms with Crippen molar-refractivity contribution in [1.82, 2.24) is 4.90 Å². The van der Waals surface area contributed by atoms with E-state index < -0.39 is 0 Å². The van der Waals surface area contributed by atoms with Crippen molar-refractivity contribution in [2.24, 2.45) is 5.73 Å². The Labute approximate surface area is 111 Å². The maximum atomic E-state index is 6.16. The number of ether oxygens (including phenoxy) is 2. The van der Waals surface area contributed by atoms with Gasteiger partial charge in [-0.2, -0.15) is 0 Å². The molecule has 1 saturated heterocycles. The Morgan fingerprint density at radius 2 is 2.17 bits per heavy atom. The lowest BCUT2D eigenvalue weighted by atomic mass is 9.76. The first-order valence-corrected chi connectivity index (χ1v) is 7.23. The summed E-state index contributed by atoms with van der Waals surface area (Å²) in [5, 5.41) is 0. The van der Waals surface area contributed by atoms with Crippen LogP contribution in [-0.2, 0) is 9.47 Å². The van der Waals surface area contributed by atoms with Gasteiger partial charge in [0.2, 0.25) is 0 Å². The van der Waals surface area contributed by atoms with Crippen molar-refractivity contribution in [2.75, 3.05) is 27.3 Å². The van der Waals surface area contributed by atoms with Crippen molar-refractivity contribution < 1.29 is 9.47 Å². The normalized spacial score (nSPS) is 41.5. The third-order valence-electron chi connectivity index (χ3n) is 5.10. The highest BCUT2D eigenvalue weighted by molar-refractivity contribution is 5.03. The first-order valence-electron chi connectivity index (χ1n) is 7.23. The molecular weight excluding hydrogens is 228 g/mol. The molecule has 1 heterocycles. The lowest BCUT2D eigenvalue weighted by Crippen LogP contribution is -2.65. The highest BCUT2D eigenvalue weighted by Crippen LogP contribution is 2.37. The second kappa shape index (κ2) is 5.87. The Balaban J connectivity index is 2.18. The number of rotatable bonds is 4. The van der Waals surface area contributed by atoms with Gasteiger partial charge in [0.1, 0.15) is 0 Å². The van der Waals surface area contributed by atoms with E-state index in [4.69, 9.17) is 15.2 Å². The summed E-state index contributed by atoms with van der Waals surface area (Å²) in [7, 11) is 4.03. The van der Waals surface area contributed by atoms with Crippen molar-refractivity contribution in [3.05, 3.63) is 0 Å². The summed E-state index contributed by atoms with van der Waals surface area (Å²) in [4.78, 5) is 2.47. The number of nitrogens with two attached hydrogens (primary N) is 1. The summed E-state index contributed by atoms with van der Waals surface area (Å²) < 4.78 is 11.5. The van der Waals surface area contributed by atoms with Gasteiger partial charge in [0.15, 0.2) is 0 Å². The predicted molar refractivity (Wildman–Crippen MR) is 72.6 cm³/mol. The highest BCUT2D eigenvalue weighted by Gasteiger charge is 2.47. The van der Waals surface area contributed by atoms with Gasteiger partial charge in [-0.1, -0.05) is 12.8 Å². The lowest BCUT2D eigenvalue weighted by molar-refractivity contribution is -0.0880. The summed E-state index contributed by atoms with van der Waals surface area (Å²) in [6.07, 6.45) is 6.44. The zero-order valence-electron chi connectivity index (χ0n) is 12.0. The lowest BCUT2D eigenvalue weighted by Gasteiger charge is -2.51. The quantitative estimate of drug-likeness (QED) is 0.825. The van der Waals surface area contributed by atoms with E-state index in [9.17, 15) is 0 Å². The summed E-state index contributed by atoms with van der Waals surface area (Å²) in [6.45, 7) is 3.71. The molecule has 18 heavy (non-hydrogen) atoms. The molecule has 0 aromatic heterocycles. The number of hydrogen-bond acceptors (Lipinski definition) is 4. The Hall–Kier alpha value is -0.160. The van der Waals surface area contributed by atoms with Crippen LogP contribution < -0.4 is 5.73 Å². The van der Waals surface area contributed by atoms with Gasteiger partial charge in [-0.05, 0) is 33.2 Å². The van der Waals surface area contributed by atoms with Gasteiger partial charge < -0.3 is 15.2 Å². The van der Waals surface area contributed by atoms with E-state index in [1.165, 1.54) is 12.8 Å². The maximum Gasteiger partial charge on any atom is 0.0767 e. The third-order valence-corrected chi connectivity index (χ3v) is 5.10. The fraction of sp³-hybridized carbons (Fsp3) is 1.00. The van der Waals surface area contributed by atoms with Gasteiger partial charge in [-0.15, -0.1) is 0 Å². The van der Waals surface area contributed by atoms with Gasteiger partial charge in [-0.25, -0.2) is 0 Å². The zero-order valence-corrected chi connectivity index (χ0v) is 12.0. The number of methoxy groups -OCH3 is 1. The first-order chi connectivity index (χ1) is 8.65. The van der Waals surface area contributed by atoms with Crippen molar-refractivity contribution in [1.29, 1.82) is 0 Å². The average Bonchev–Trinajstić information content (AvgIpc) is 2.83. The van der Waals surface area contributed by atoms with E-state index >= 15 is 0 Å². The standard InChI is InChI=1S/C14H28N2O2/c1-11-12(7-9-18-11)16(2)14(10-15)8-5-4-6-13(14)17-3/h11-13H,4-10,15H2,1-3H3. The van der Waals surface area contributed by atoms with Crippen LogP contribution in [0, 0.1) is 0 Å². The minimum absolute atomic E-state index is 0.000370. The Kier molecular flexibility index (Phi) is 4.64. The zero-order chi connectivity index (χ0) is 13.2. The minimum Gasteiger partial charge on any atom is -0.379 e. The smallest absolute Gasteiger partial charge is 0.0767 e. The van der Waals surface area contributed by atoms with Crippen LogP contribution in [0.2, 0.25) is 0 Å². The molecule has 1 aliphatic heterocycles. The fourth-order valence-electron chi connectivity index (χ4n) is 3.87. The van der Waals surface area contributed by atoms with Gasteiger partial charge in [0.05, 0.1) is 17.7 Å². The van der Waals surface area contributed by atoms with E-state index in [0.29, 0.717) is 18.7 Å². The van der Waals surface area contributed by atoms with Crippen LogP contribution in [-0.4, -0.2) is 56.0 Å². The Morgan fingerprint density at radius 1 is 1.39 bits per heavy atom. The van der Waals surface area contributed by atoms with Crippen LogP contribution in [0.15, 0.2) is 0 Å². The molecule has 0 radical (unpaired) electrons. The molecule has 0 bridgehead atoms. The van der Waals surface area contributed by atoms with Crippen molar-refractivity contribution in [3.63, 3.8) is 0 Å². The molecule has 4 nitrogen and oxygen atoms in total. The van der Waals surface area contributed by atoms with Gasteiger partial charge in [0, 0.05) is 26.3 Å². The summed E-state index contributed by atoms with van der Waals surface area (Å²) in [5.41, 5.74) is 6.16. The predicted octanol–water partition coefficient (Wildman–Crippen LogP) is 1.38. The van der Waals surface area contributed by atoms with Gasteiger partial charge >= 0.3 is 0 Å². The van der Waals surface area contributed by atoms with E-state index in [2.05, 4.69) is 18.9 Å². The fourth-order valence-corrected chi connectivity index (χ4v) is 3.87. The molecule has 2 N–H and O–H groups in total. The van der Waals surface area contributed by atoms with Crippen LogP contribution in [0.1, 0.15) is 39.0 Å². The largest absolute Gasteiger partial charge is 0.379 e. The summed E-state index contributed by atoms with van der Waals surface area (Å²) >= 11 is 0. The SMILES string of the molecule is COC1CCCCC1(CN)N(C)C1CCOC1C. The molecule has 0 aromatic carbocycles. The molecule has 4 atom stereocenters. The first kappa shape index (κ1) is 14.3. The van der Waals surface area contributed by atoms with Gasteiger partial charge in [-0.3, -0.25) is 4.90 Å². The Morgan fingerprint density at radius 3 is 2.72 bits per heavy atom. The maximum absolute atomic E-state index is 6.16. The summed E-state index contributed by atoms with van der Waals surface area (Å²) in [6, 6.07) is 0.476. The van der Waals surface area contributed by atoms with E-state index in [1.54, 1.807) is 0 Å². The molecule has 2 aliphatic rings. The molecule has 4 heteroatoms. The van der Waals surface area contributed by atoms with Crippen LogP contribution in [0.5, 0.6) is 0 Å². The van der Waals surface area contributed by atoms with Crippen LogP contribution >= 0.6 is 0 Å².